The number of carbonyl (C=O) groups excluding carboxylic acids is 1. The zero-order chi connectivity index (χ0) is 25.5. The molecule has 0 fully saturated rings. The van der Waals surface area contributed by atoms with Crippen LogP contribution in [0.5, 0.6) is 11.5 Å². The number of phenols is 2. The predicted molar refractivity (Wildman–Crippen MR) is 121 cm³/mol. The topological polar surface area (TPSA) is 130 Å². The van der Waals surface area contributed by atoms with Crippen LogP contribution < -0.4 is 0 Å². The third kappa shape index (κ3) is 6.14. The second kappa shape index (κ2) is 10.8. The molecular weight excluding hydrogens is 462 g/mol. The normalized spacial score (nSPS) is 10.1. The average Bonchev–Trinajstić information content (AvgIpc) is 2.87. The van der Waals surface area contributed by atoms with Crippen molar-refractivity contribution in [2.24, 2.45) is 0 Å². The van der Waals surface area contributed by atoms with Gasteiger partial charge in [0.2, 0.25) is 0 Å². The van der Waals surface area contributed by atoms with Gasteiger partial charge in [0.05, 0.1) is 29.6 Å². The number of nitrogens with zero attached hydrogens (tertiary/aromatic N) is 2. The molecule has 0 radical (unpaired) electrons. The zero-order valence-electron chi connectivity index (χ0n) is 18.1. The van der Waals surface area contributed by atoms with Gasteiger partial charge in [0.1, 0.15) is 23.1 Å². The molecule has 0 aliphatic carbocycles. The summed E-state index contributed by atoms with van der Waals surface area (Å²) >= 11 is 0. The van der Waals surface area contributed by atoms with Crippen LogP contribution in [-0.4, -0.2) is 44.3 Å². The molecule has 4 aromatic rings. The number of phenolic OH excluding ortho intramolecular Hbond substituents is 2. The Hall–Kier alpha value is -4.86. The third-order valence-electron chi connectivity index (χ3n) is 4.66. The fraction of sp³-hybridized carbons (Fsp3) is 0.0400. The van der Waals surface area contributed by atoms with Crippen LogP contribution in [0.2, 0.25) is 0 Å². The van der Waals surface area contributed by atoms with Crippen molar-refractivity contribution in [3.63, 3.8) is 0 Å². The lowest BCUT2D eigenvalue weighted by atomic mass is 10.1. The van der Waals surface area contributed by atoms with E-state index in [4.69, 9.17) is 5.11 Å². The lowest BCUT2D eigenvalue weighted by molar-refractivity contribution is 0.0599. The van der Waals surface area contributed by atoms with Crippen LogP contribution in [0, 0.1) is 11.6 Å². The van der Waals surface area contributed by atoms with E-state index in [0.717, 1.165) is 24.4 Å². The Morgan fingerprint density at radius 1 is 0.743 bits per heavy atom. The van der Waals surface area contributed by atoms with E-state index in [9.17, 15) is 28.6 Å². The number of esters is 1. The summed E-state index contributed by atoms with van der Waals surface area (Å²) < 4.78 is 30.6. The van der Waals surface area contributed by atoms with Crippen LogP contribution in [0.15, 0.2) is 73.1 Å². The molecule has 0 unspecified atom stereocenters. The predicted octanol–water partition coefficient (Wildman–Crippen LogP) is 4.67. The van der Waals surface area contributed by atoms with E-state index in [1.54, 1.807) is 0 Å². The van der Waals surface area contributed by atoms with E-state index in [1.807, 2.05) is 0 Å². The standard InChI is InChI=1S/C13H10FNO3.C12H8FNO3/c1-18-13(17)8-2-4-11(15-7-8)10-6-9(14)3-5-12(10)16;13-8-2-4-11(15)9(5-8)10-3-1-7(6-14-10)12(16)17/h2-7,16H,1H3;1-6,15H,(H,16,17). The molecule has 0 aliphatic heterocycles. The molecule has 2 aromatic carbocycles. The van der Waals surface area contributed by atoms with Gasteiger partial charge in [-0.05, 0) is 60.7 Å². The van der Waals surface area contributed by atoms with Crippen LogP contribution in [-0.2, 0) is 4.74 Å². The maximum atomic E-state index is 13.1. The van der Waals surface area contributed by atoms with Crippen molar-refractivity contribution in [1.29, 1.82) is 0 Å². The van der Waals surface area contributed by atoms with Gasteiger partial charge in [0, 0.05) is 23.5 Å². The molecular formula is C25H18F2N2O6. The lowest BCUT2D eigenvalue weighted by Gasteiger charge is -2.05. The molecule has 0 spiro atoms. The van der Waals surface area contributed by atoms with E-state index < -0.39 is 23.6 Å². The van der Waals surface area contributed by atoms with Crippen LogP contribution in [0.1, 0.15) is 20.7 Å². The molecule has 8 nitrogen and oxygen atoms in total. The highest BCUT2D eigenvalue weighted by Crippen LogP contribution is 2.29. The summed E-state index contributed by atoms with van der Waals surface area (Å²) in [5.74, 6) is -2.75. The maximum absolute atomic E-state index is 13.1. The summed E-state index contributed by atoms with van der Waals surface area (Å²) in [4.78, 5) is 29.7. The minimum Gasteiger partial charge on any atom is -0.507 e. The highest BCUT2D eigenvalue weighted by Gasteiger charge is 2.11. The summed E-state index contributed by atoms with van der Waals surface area (Å²) in [6, 6.07) is 12.8. The minimum atomic E-state index is -1.09. The molecule has 0 saturated heterocycles. The fourth-order valence-electron chi connectivity index (χ4n) is 2.90. The average molecular weight is 480 g/mol. The third-order valence-corrected chi connectivity index (χ3v) is 4.66. The molecule has 35 heavy (non-hydrogen) atoms. The van der Waals surface area contributed by atoms with Crippen LogP contribution in [0.25, 0.3) is 22.5 Å². The number of carboxylic acids is 1. The molecule has 4 rings (SSSR count). The molecule has 0 aliphatic rings. The Morgan fingerprint density at radius 2 is 1.20 bits per heavy atom. The summed E-state index contributed by atoms with van der Waals surface area (Å²) in [5.41, 5.74) is 1.50. The first-order valence-electron chi connectivity index (χ1n) is 9.91. The van der Waals surface area contributed by atoms with Gasteiger partial charge >= 0.3 is 11.9 Å². The molecule has 2 aromatic heterocycles. The van der Waals surface area contributed by atoms with Crippen LogP contribution in [0.4, 0.5) is 8.78 Å². The summed E-state index contributed by atoms with van der Waals surface area (Å²) in [5, 5.41) is 27.9. The fourth-order valence-corrected chi connectivity index (χ4v) is 2.90. The molecule has 0 amide bonds. The zero-order valence-corrected chi connectivity index (χ0v) is 18.1. The second-order valence-corrected chi connectivity index (χ2v) is 6.98. The number of rotatable bonds is 4. The van der Waals surface area contributed by atoms with Crippen LogP contribution in [0.3, 0.4) is 0 Å². The summed E-state index contributed by atoms with van der Waals surface area (Å²) in [7, 11) is 1.27. The molecule has 0 atom stereocenters. The van der Waals surface area contributed by atoms with Crippen molar-refractivity contribution in [2.45, 2.75) is 0 Å². The number of carbonyl (C=O) groups is 2. The Morgan fingerprint density at radius 3 is 1.57 bits per heavy atom. The number of aromatic hydroxyl groups is 2. The van der Waals surface area contributed by atoms with Crippen molar-refractivity contribution in [2.75, 3.05) is 7.11 Å². The number of halogens is 2. The van der Waals surface area contributed by atoms with E-state index >= 15 is 0 Å². The number of ether oxygens (including phenoxy) is 1. The van der Waals surface area contributed by atoms with E-state index in [-0.39, 0.29) is 33.8 Å². The van der Waals surface area contributed by atoms with Crippen LogP contribution >= 0.6 is 0 Å². The number of aromatic carboxylic acids is 1. The first kappa shape index (κ1) is 24.8. The van der Waals surface area contributed by atoms with Crippen molar-refractivity contribution in [1.82, 2.24) is 9.97 Å². The van der Waals surface area contributed by atoms with Crippen molar-refractivity contribution in [3.05, 3.63) is 95.8 Å². The van der Waals surface area contributed by atoms with Gasteiger partial charge in [-0.3, -0.25) is 9.97 Å². The molecule has 0 saturated carbocycles. The van der Waals surface area contributed by atoms with Gasteiger partial charge in [-0.15, -0.1) is 0 Å². The number of pyridine rings is 2. The Labute approximate surface area is 197 Å². The van der Waals surface area contributed by atoms with Gasteiger partial charge in [-0.1, -0.05) is 0 Å². The highest BCUT2D eigenvalue weighted by atomic mass is 19.1. The van der Waals surface area contributed by atoms with Crippen molar-refractivity contribution >= 4 is 11.9 Å². The van der Waals surface area contributed by atoms with Gasteiger partial charge < -0.3 is 20.1 Å². The Bertz CT molecular complexity index is 1360. The number of hydrogen-bond donors (Lipinski definition) is 3. The molecule has 10 heteroatoms. The SMILES string of the molecule is COC(=O)c1ccc(-c2cc(F)ccc2O)nc1.O=C(O)c1ccc(-c2cc(F)ccc2O)nc1. The van der Waals surface area contributed by atoms with Gasteiger partial charge in [-0.25, -0.2) is 18.4 Å². The Balaban J connectivity index is 0.000000196. The molecule has 2 heterocycles. The van der Waals surface area contributed by atoms with E-state index in [2.05, 4.69) is 14.7 Å². The van der Waals surface area contributed by atoms with Crippen molar-refractivity contribution in [3.8, 4) is 34.0 Å². The number of methoxy groups -OCH3 is 1. The number of carboxylic acid groups (broad SMARTS) is 1. The largest absolute Gasteiger partial charge is 0.507 e. The number of hydrogen-bond acceptors (Lipinski definition) is 7. The first-order valence-corrected chi connectivity index (χ1v) is 9.91. The quantitative estimate of drug-likeness (QED) is 0.359. The lowest BCUT2D eigenvalue weighted by Crippen LogP contribution is -2.01. The Kier molecular flexibility index (Phi) is 7.67. The highest BCUT2D eigenvalue weighted by molar-refractivity contribution is 5.89. The first-order chi connectivity index (χ1) is 16.7. The smallest absolute Gasteiger partial charge is 0.339 e. The molecule has 0 bridgehead atoms. The van der Waals surface area contributed by atoms with Gasteiger partial charge in [0.15, 0.2) is 0 Å². The summed E-state index contributed by atoms with van der Waals surface area (Å²) in [6.07, 6.45) is 2.47. The number of benzene rings is 2. The molecule has 178 valence electrons. The van der Waals surface area contributed by atoms with Gasteiger partial charge in [-0.2, -0.15) is 0 Å². The second-order valence-electron chi connectivity index (χ2n) is 6.98. The van der Waals surface area contributed by atoms with Crippen molar-refractivity contribution < 1.29 is 38.4 Å². The van der Waals surface area contributed by atoms with E-state index in [1.165, 1.54) is 55.8 Å². The minimum absolute atomic E-state index is 0.0321. The van der Waals surface area contributed by atoms with Gasteiger partial charge in [0.25, 0.3) is 0 Å². The number of aromatic nitrogens is 2. The monoisotopic (exact) mass is 480 g/mol. The summed E-state index contributed by atoms with van der Waals surface area (Å²) in [6.45, 7) is 0. The maximum Gasteiger partial charge on any atom is 0.339 e. The molecule has 3 N–H and O–H groups in total. The van der Waals surface area contributed by atoms with E-state index in [0.29, 0.717) is 11.4 Å².